The van der Waals surface area contributed by atoms with Crippen LogP contribution in [-0.2, 0) is 20.9 Å². The van der Waals surface area contributed by atoms with Gasteiger partial charge in [0.25, 0.3) is 0 Å². The van der Waals surface area contributed by atoms with Crippen molar-refractivity contribution >= 4 is 18.0 Å². The Bertz CT molecular complexity index is 777. The normalized spacial score (nSPS) is 10.6. The molecule has 2 aromatic rings. The van der Waals surface area contributed by atoms with Crippen LogP contribution < -0.4 is 15.5 Å². The molecule has 142 valence electrons. The van der Waals surface area contributed by atoms with E-state index in [9.17, 15) is 14.0 Å². The zero-order chi connectivity index (χ0) is 19.5. The predicted molar refractivity (Wildman–Crippen MR) is 97.8 cm³/mol. The predicted octanol–water partition coefficient (Wildman–Crippen LogP) is 1.62. The number of rotatable bonds is 8. The van der Waals surface area contributed by atoms with Crippen molar-refractivity contribution < 1.29 is 23.5 Å². The maximum absolute atomic E-state index is 12.9. The molecular weight excluding hydrogens is 353 g/mol. The van der Waals surface area contributed by atoms with Crippen molar-refractivity contribution in [2.24, 2.45) is 5.10 Å². The van der Waals surface area contributed by atoms with Crippen LogP contribution in [0.25, 0.3) is 0 Å². The van der Waals surface area contributed by atoms with Crippen molar-refractivity contribution in [3.8, 4) is 5.75 Å². The molecular formula is C19H20FN3O4. The summed E-state index contributed by atoms with van der Waals surface area (Å²) in [6.45, 7) is 0.881. The summed E-state index contributed by atoms with van der Waals surface area (Å²) in [5.74, 6) is -1.30. The van der Waals surface area contributed by atoms with Crippen molar-refractivity contribution in [1.29, 1.82) is 0 Å². The van der Waals surface area contributed by atoms with Gasteiger partial charge in [0.2, 0.25) is 0 Å². The number of benzene rings is 2. The molecule has 0 unspecified atom stereocenters. The lowest BCUT2D eigenvalue weighted by molar-refractivity contribution is -0.139. The van der Waals surface area contributed by atoms with Crippen molar-refractivity contribution in [2.75, 3.05) is 20.3 Å². The maximum Gasteiger partial charge on any atom is 0.329 e. The Morgan fingerprint density at radius 1 is 1.07 bits per heavy atom. The molecule has 8 heteroatoms. The van der Waals surface area contributed by atoms with Gasteiger partial charge in [-0.2, -0.15) is 5.10 Å². The smallest absolute Gasteiger partial charge is 0.329 e. The molecule has 7 nitrogen and oxygen atoms in total. The number of halogens is 1. The molecule has 2 N–H and O–H groups in total. The van der Waals surface area contributed by atoms with Crippen LogP contribution in [0.2, 0.25) is 0 Å². The Morgan fingerprint density at radius 2 is 1.78 bits per heavy atom. The van der Waals surface area contributed by atoms with Gasteiger partial charge in [0, 0.05) is 13.7 Å². The highest BCUT2D eigenvalue weighted by Crippen LogP contribution is 2.13. The number of amides is 2. The summed E-state index contributed by atoms with van der Waals surface area (Å²) < 4.78 is 23.2. The van der Waals surface area contributed by atoms with E-state index in [4.69, 9.17) is 9.47 Å². The van der Waals surface area contributed by atoms with E-state index in [0.29, 0.717) is 24.5 Å². The summed E-state index contributed by atoms with van der Waals surface area (Å²) in [4.78, 5) is 22.9. The zero-order valence-electron chi connectivity index (χ0n) is 14.8. The molecule has 0 aliphatic carbocycles. The molecule has 27 heavy (non-hydrogen) atoms. The number of hydrogen-bond donors (Lipinski definition) is 2. The lowest BCUT2D eigenvalue weighted by Crippen LogP contribution is -2.39. The summed E-state index contributed by atoms with van der Waals surface area (Å²) in [7, 11) is 1.50. The highest BCUT2D eigenvalue weighted by molar-refractivity contribution is 6.35. The number of hydrogen-bond acceptors (Lipinski definition) is 5. The molecule has 0 spiro atoms. The second-order valence-corrected chi connectivity index (χ2v) is 5.43. The van der Waals surface area contributed by atoms with Gasteiger partial charge in [-0.25, -0.2) is 9.82 Å². The molecule has 0 bridgehead atoms. The molecule has 2 rings (SSSR count). The van der Waals surface area contributed by atoms with Crippen LogP contribution in [0, 0.1) is 5.82 Å². The average molecular weight is 373 g/mol. The monoisotopic (exact) mass is 373 g/mol. The van der Waals surface area contributed by atoms with E-state index in [0.717, 1.165) is 5.56 Å². The number of carbonyl (C=O) groups is 2. The van der Waals surface area contributed by atoms with Crippen LogP contribution in [0.15, 0.2) is 53.6 Å². The summed E-state index contributed by atoms with van der Waals surface area (Å²) in [6, 6.07) is 13.0. The summed E-state index contributed by atoms with van der Waals surface area (Å²) in [5.41, 5.74) is 3.71. The Hall–Kier alpha value is -3.26. The second-order valence-electron chi connectivity index (χ2n) is 5.43. The zero-order valence-corrected chi connectivity index (χ0v) is 14.8. The summed E-state index contributed by atoms with van der Waals surface area (Å²) in [6.07, 6.45) is 1.41. The van der Waals surface area contributed by atoms with Crippen LogP contribution in [0.1, 0.15) is 11.1 Å². The van der Waals surface area contributed by atoms with Gasteiger partial charge in [-0.15, -0.1) is 0 Å². The van der Waals surface area contributed by atoms with Gasteiger partial charge in [0.15, 0.2) is 0 Å². The van der Waals surface area contributed by atoms with Crippen LogP contribution in [0.3, 0.4) is 0 Å². The lowest BCUT2D eigenvalue weighted by atomic mass is 10.2. The van der Waals surface area contributed by atoms with Crippen LogP contribution >= 0.6 is 0 Å². The number of carbonyl (C=O) groups excluding carboxylic acids is 2. The third-order valence-corrected chi connectivity index (χ3v) is 3.38. The van der Waals surface area contributed by atoms with E-state index < -0.39 is 11.8 Å². The molecule has 0 aliphatic rings. The Kier molecular flexibility index (Phi) is 7.92. The summed E-state index contributed by atoms with van der Waals surface area (Å²) in [5, 5.41) is 6.11. The van der Waals surface area contributed by atoms with Crippen LogP contribution in [-0.4, -0.2) is 38.3 Å². The average Bonchev–Trinajstić information content (AvgIpc) is 2.68. The fourth-order valence-corrected chi connectivity index (χ4v) is 1.96. The molecule has 0 radical (unpaired) electrons. The molecule has 0 saturated heterocycles. The Labute approximate surface area is 156 Å². The second kappa shape index (κ2) is 10.7. The Balaban J connectivity index is 1.77. The topological polar surface area (TPSA) is 89.0 Å². The highest BCUT2D eigenvalue weighted by Gasteiger charge is 2.11. The minimum Gasteiger partial charge on any atom is -0.489 e. The van der Waals surface area contributed by atoms with Gasteiger partial charge in [0.05, 0.1) is 12.8 Å². The van der Waals surface area contributed by atoms with E-state index in [1.807, 2.05) is 0 Å². The van der Waals surface area contributed by atoms with Crippen molar-refractivity contribution in [3.63, 3.8) is 0 Å². The van der Waals surface area contributed by atoms with Gasteiger partial charge < -0.3 is 14.8 Å². The van der Waals surface area contributed by atoms with Gasteiger partial charge in [0.1, 0.15) is 18.2 Å². The van der Waals surface area contributed by atoms with Gasteiger partial charge in [-0.1, -0.05) is 12.1 Å². The number of ether oxygens (including phenoxy) is 2. The van der Waals surface area contributed by atoms with E-state index in [1.165, 1.54) is 25.5 Å². The molecule has 2 aromatic carbocycles. The molecule has 0 saturated carbocycles. The summed E-state index contributed by atoms with van der Waals surface area (Å²) >= 11 is 0. The van der Waals surface area contributed by atoms with Gasteiger partial charge >= 0.3 is 11.8 Å². The quantitative estimate of drug-likeness (QED) is 0.318. The maximum atomic E-state index is 12.9. The third kappa shape index (κ3) is 7.25. The van der Waals surface area contributed by atoms with E-state index in [2.05, 4.69) is 15.8 Å². The van der Waals surface area contributed by atoms with Gasteiger partial charge in [-0.3, -0.25) is 9.59 Å². The molecule has 0 atom stereocenters. The number of hydrazone groups is 1. The molecule has 0 aliphatic heterocycles. The SMILES string of the molecule is COCCNC(=O)C(=O)N/N=C\c1ccc(OCc2ccc(F)cc2)cc1. The molecule has 2 amide bonds. The fraction of sp³-hybridized carbons (Fsp3) is 0.211. The first-order valence-electron chi connectivity index (χ1n) is 8.16. The minimum absolute atomic E-state index is 0.242. The molecule has 0 heterocycles. The fourth-order valence-electron chi connectivity index (χ4n) is 1.96. The number of nitrogens with one attached hydrogen (secondary N) is 2. The minimum atomic E-state index is -0.860. The van der Waals surface area contributed by atoms with E-state index >= 15 is 0 Å². The third-order valence-electron chi connectivity index (χ3n) is 3.38. The number of methoxy groups -OCH3 is 1. The molecule has 0 aromatic heterocycles. The first-order chi connectivity index (χ1) is 13.1. The first-order valence-corrected chi connectivity index (χ1v) is 8.16. The Morgan fingerprint density at radius 3 is 2.44 bits per heavy atom. The van der Waals surface area contributed by atoms with Crippen molar-refractivity contribution in [3.05, 3.63) is 65.5 Å². The van der Waals surface area contributed by atoms with Crippen LogP contribution in [0.4, 0.5) is 4.39 Å². The van der Waals surface area contributed by atoms with E-state index in [-0.39, 0.29) is 12.4 Å². The van der Waals surface area contributed by atoms with Gasteiger partial charge in [-0.05, 0) is 47.5 Å². The van der Waals surface area contributed by atoms with Crippen LogP contribution in [0.5, 0.6) is 5.75 Å². The largest absolute Gasteiger partial charge is 0.489 e. The lowest BCUT2D eigenvalue weighted by Gasteiger charge is -2.06. The highest BCUT2D eigenvalue weighted by atomic mass is 19.1. The first kappa shape index (κ1) is 20.1. The standard InChI is InChI=1S/C19H20FN3O4/c1-26-11-10-21-18(24)19(25)23-22-12-14-4-8-17(9-5-14)27-13-15-2-6-16(20)7-3-15/h2-9,12H,10-11,13H2,1H3,(H,21,24)(H,23,25)/b22-12-. The van der Waals surface area contributed by atoms with E-state index in [1.54, 1.807) is 36.4 Å². The number of nitrogens with zero attached hydrogens (tertiary/aromatic N) is 1. The van der Waals surface area contributed by atoms with Crippen molar-refractivity contribution in [2.45, 2.75) is 6.61 Å². The molecule has 0 fully saturated rings. The van der Waals surface area contributed by atoms with Crippen molar-refractivity contribution in [1.82, 2.24) is 10.7 Å².